The Morgan fingerprint density at radius 3 is 2.52 bits per heavy atom. The Kier molecular flexibility index (Phi) is 6.91. The van der Waals surface area contributed by atoms with Crippen LogP contribution >= 0.6 is 23.2 Å². The standard InChI is InChI=1S/C24H24Cl2N4O3/c1-2-11-27-24(33)30-20(14-5-3-6-14)13-19(29-30)16-12-15(9-10-21(16)31)28-23(32)22-17(25)7-4-8-18(22)26/h4,7-10,12-14,31H,2-3,5-6,11H2,1H3,(H,27,33)(H,28,32). The number of benzene rings is 2. The number of aromatic nitrogens is 2. The summed E-state index contributed by atoms with van der Waals surface area (Å²) in [5, 5.41) is 21.1. The van der Waals surface area contributed by atoms with Gasteiger partial charge in [-0.15, -0.1) is 0 Å². The number of anilines is 1. The molecule has 9 heteroatoms. The third-order valence-electron chi connectivity index (χ3n) is 5.70. The van der Waals surface area contributed by atoms with E-state index >= 15 is 0 Å². The molecule has 0 saturated heterocycles. The maximum absolute atomic E-state index is 12.8. The largest absolute Gasteiger partial charge is 0.507 e. The minimum Gasteiger partial charge on any atom is -0.507 e. The molecule has 1 aliphatic carbocycles. The Balaban J connectivity index is 1.66. The predicted molar refractivity (Wildman–Crippen MR) is 129 cm³/mol. The summed E-state index contributed by atoms with van der Waals surface area (Å²) in [4.78, 5) is 25.4. The lowest BCUT2D eigenvalue weighted by atomic mass is 9.82. The first-order chi connectivity index (χ1) is 15.9. The van der Waals surface area contributed by atoms with Gasteiger partial charge in [-0.3, -0.25) is 4.79 Å². The molecule has 2 aromatic carbocycles. The molecule has 172 valence electrons. The van der Waals surface area contributed by atoms with Crippen LogP contribution in [0.3, 0.4) is 0 Å². The molecule has 33 heavy (non-hydrogen) atoms. The topological polar surface area (TPSA) is 96.3 Å². The fraction of sp³-hybridized carbons (Fsp3) is 0.292. The van der Waals surface area contributed by atoms with Crippen LogP contribution in [0.4, 0.5) is 10.5 Å². The summed E-state index contributed by atoms with van der Waals surface area (Å²) < 4.78 is 1.39. The maximum Gasteiger partial charge on any atom is 0.342 e. The first kappa shape index (κ1) is 23.1. The normalized spacial score (nSPS) is 13.4. The number of phenols is 1. The molecule has 1 aromatic heterocycles. The van der Waals surface area contributed by atoms with Crippen molar-refractivity contribution >= 4 is 40.8 Å². The molecule has 2 amide bonds. The van der Waals surface area contributed by atoms with Crippen molar-refractivity contribution in [3.8, 4) is 17.0 Å². The molecule has 4 rings (SSSR count). The van der Waals surface area contributed by atoms with Crippen LogP contribution in [-0.2, 0) is 0 Å². The quantitative estimate of drug-likeness (QED) is 0.369. The Morgan fingerprint density at radius 1 is 1.15 bits per heavy atom. The van der Waals surface area contributed by atoms with E-state index in [0.717, 1.165) is 31.4 Å². The summed E-state index contributed by atoms with van der Waals surface area (Å²) in [5.41, 5.74) is 2.27. The van der Waals surface area contributed by atoms with Gasteiger partial charge in [-0.05, 0) is 55.7 Å². The van der Waals surface area contributed by atoms with E-state index in [9.17, 15) is 14.7 Å². The monoisotopic (exact) mass is 486 g/mol. The van der Waals surface area contributed by atoms with E-state index in [1.54, 1.807) is 30.3 Å². The van der Waals surface area contributed by atoms with Gasteiger partial charge in [-0.25, -0.2) is 4.79 Å². The first-order valence-electron chi connectivity index (χ1n) is 10.9. The number of aromatic hydroxyl groups is 1. The fourth-order valence-corrected chi connectivity index (χ4v) is 4.29. The van der Waals surface area contributed by atoms with Crippen molar-refractivity contribution in [3.63, 3.8) is 0 Å². The molecule has 0 unspecified atom stereocenters. The SMILES string of the molecule is CCCNC(=O)n1nc(-c2cc(NC(=O)c3c(Cl)cccc3Cl)ccc2O)cc1C1CCC1. The summed E-state index contributed by atoms with van der Waals surface area (Å²) in [6.07, 6.45) is 3.91. The molecule has 0 spiro atoms. The molecule has 0 aliphatic heterocycles. The van der Waals surface area contributed by atoms with E-state index in [-0.39, 0.29) is 33.3 Å². The van der Waals surface area contributed by atoms with Gasteiger partial charge in [0.15, 0.2) is 0 Å². The van der Waals surface area contributed by atoms with Crippen LogP contribution in [0, 0.1) is 0 Å². The van der Waals surface area contributed by atoms with Gasteiger partial charge in [0.05, 0.1) is 27.0 Å². The molecule has 1 fully saturated rings. The van der Waals surface area contributed by atoms with Gasteiger partial charge in [-0.2, -0.15) is 9.78 Å². The number of phenolic OH excluding ortho intramolecular Hbond substituents is 1. The van der Waals surface area contributed by atoms with Crippen molar-refractivity contribution in [3.05, 3.63) is 63.8 Å². The zero-order chi connectivity index (χ0) is 23.5. The number of rotatable bonds is 6. The second kappa shape index (κ2) is 9.85. The summed E-state index contributed by atoms with van der Waals surface area (Å²) in [5.74, 6) is -0.226. The minimum atomic E-state index is -0.470. The number of hydrogen-bond donors (Lipinski definition) is 3. The van der Waals surface area contributed by atoms with Crippen LogP contribution in [-0.4, -0.2) is 33.4 Å². The van der Waals surface area contributed by atoms with Crippen molar-refractivity contribution in [2.75, 3.05) is 11.9 Å². The molecule has 0 bridgehead atoms. The Morgan fingerprint density at radius 2 is 1.88 bits per heavy atom. The summed E-state index contributed by atoms with van der Waals surface area (Å²) in [6.45, 7) is 2.53. The van der Waals surface area contributed by atoms with E-state index in [4.69, 9.17) is 23.2 Å². The molecule has 0 atom stereocenters. The predicted octanol–water partition coefficient (Wildman–Crippen LogP) is 6.05. The van der Waals surface area contributed by atoms with E-state index in [2.05, 4.69) is 15.7 Å². The van der Waals surface area contributed by atoms with Gasteiger partial charge in [0, 0.05) is 23.7 Å². The average Bonchev–Trinajstić information content (AvgIpc) is 3.16. The molecule has 1 aliphatic rings. The second-order valence-electron chi connectivity index (χ2n) is 8.01. The van der Waals surface area contributed by atoms with Gasteiger partial charge in [0.1, 0.15) is 5.75 Å². The fourth-order valence-electron chi connectivity index (χ4n) is 3.72. The number of carbonyl (C=O) groups excluding carboxylic acids is 2. The number of nitrogens with zero attached hydrogens (tertiary/aromatic N) is 2. The van der Waals surface area contributed by atoms with E-state index in [1.807, 2.05) is 13.0 Å². The highest BCUT2D eigenvalue weighted by Gasteiger charge is 2.27. The summed E-state index contributed by atoms with van der Waals surface area (Å²) in [7, 11) is 0. The van der Waals surface area contributed by atoms with Gasteiger partial charge < -0.3 is 15.7 Å². The molecular weight excluding hydrogens is 463 g/mol. The Labute approximate surface area is 201 Å². The highest BCUT2D eigenvalue weighted by Crippen LogP contribution is 2.39. The van der Waals surface area contributed by atoms with Crippen LogP contribution < -0.4 is 10.6 Å². The van der Waals surface area contributed by atoms with Crippen molar-refractivity contribution < 1.29 is 14.7 Å². The van der Waals surface area contributed by atoms with Gasteiger partial charge in [0.25, 0.3) is 5.91 Å². The molecular formula is C24H24Cl2N4O3. The highest BCUT2D eigenvalue weighted by molar-refractivity contribution is 6.40. The Hall–Kier alpha value is -3.03. The first-order valence-corrected chi connectivity index (χ1v) is 11.6. The van der Waals surface area contributed by atoms with Crippen molar-refractivity contribution in [1.82, 2.24) is 15.1 Å². The summed E-state index contributed by atoms with van der Waals surface area (Å²) in [6, 6.07) is 11.0. The highest BCUT2D eigenvalue weighted by atomic mass is 35.5. The number of amides is 2. The average molecular weight is 487 g/mol. The molecule has 7 nitrogen and oxygen atoms in total. The summed E-state index contributed by atoms with van der Waals surface area (Å²) >= 11 is 12.3. The lowest BCUT2D eigenvalue weighted by Gasteiger charge is -2.25. The van der Waals surface area contributed by atoms with Gasteiger partial charge >= 0.3 is 6.03 Å². The van der Waals surface area contributed by atoms with E-state index in [1.165, 1.54) is 10.7 Å². The molecule has 1 heterocycles. The van der Waals surface area contributed by atoms with Crippen molar-refractivity contribution in [2.45, 2.75) is 38.5 Å². The number of hydrogen-bond acceptors (Lipinski definition) is 4. The van der Waals surface area contributed by atoms with E-state index < -0.39 is 5.91 Å². The molecule has 3 aromatic rings. The zero-order valence-corrected chi connectivity index (χ0v) is 19.6. The Bertz CT molecular complexity index is 1180. The lowest BCUT2D eigenvalue weighted by molar-refractivity contribution is 0.102. The second-order valence-corrected chi connectivity index (χ2v) is 8.82. The lowest BCUT2D eigenvalue weighted by Crippen LogP contribution is -2.32. The van der Waals surface area contributed by atoms with Crippen LogP contribution in [0.5, 0.6) is 5.75 Å². The minimum absolute atomic E-state index is 0.0115. The molecule has 3 N–H and O–H groups in total. The third-order valence-corrected chi connectivity index (χ3v) is 6.33. The van der Waals surface area contributed by atoms with Gasteiger partial charge in [0.2, 0.25) is 0 Å². The third kappa shape index (κ3) is 4.84. The van der Waals surface area contributed by atoms with Crippen LogP contribution in [0.2, 0.25) is 10.0 Å². The number of nitrogens with one attached hydrogen (secondary N) is 2. The van der Waals surface area contributed by atoms with Crippen LogP contribution in [0.15, 0.2) is 42.5 Å². The molecule has 0 radical (unpaired) electrons. The van der Waals surface area contributed by atoms with Crippen molar-refractivity contribution in [1.29, 1.82) is 0 Å². The van der Waals surface area contributed by atoms with Crippen LogP contribution in [0.25, 0.3) is 11.3 Å². The number of halogens is 2. The van der Waals surface area contributed by atoms with Gasteiger partial charge in [-0.1, -0.05) is 42.6 Å². The smallest absolute Gasteiger partial charge is 0.342 e. The van der Waals surface area contributed by atoms with Crippen LogP contribution in [0.1, 0.15) is 54.6 Å². The number of carbonyl (C=O) groups is 2. The zero-order valence-electron chi connectivity index (χ0n) is 18.1. The maximum atomic E-state index is 12.8. The van der Waals surface area contributed by atoms with E-state index in [0.29, 0.717) is 23.5 Å². The van der Waals surface area contributed by atoms with Crippen molar-refractivity contribution in [2.24, 2.45) is 0 Å². The molecule has 1 saturated carbocycles.